The summed E-state index contributed by atoms with van der Waals surface area (Å²) in [5.41, 5.74) is -0.655. The number of ether oxygens (including phenoxy) is 1. The van der Waals surface area contributed by atoms with Gasteiger partial charge in [0.2, 0.25) is 0 Å². The maximum Gasteiger partial charge on any atom is 0.410 e. The SMILES string of the molecule is CC(C)(C)OC(=O)N1CC2CC(O)(c3ccc(Cl)nc3)C2C1. The second-order valence-corrected chi connectivity index (χ2v) is 7.64. The number of carbonyl (C=O) groups is 1. The number of nitrogens with zero attached hydrogens (tertiary/aromatic N) is 2. The smallest absolute Gasteiger partial charge is 0.410 e. The Labute approximate surface area is 135 Å². The van der Waals surface area contributed by atoms with Gasteiger partial charge < -0.3 is 14.7 Å². The molecule has 1 N–H and O–H groups in total. The van der Waals surface area contributed by atoms with E-state index in [4.69, 9.17) is 16.3 Å². The Morgan fingerprint density at radius 3 is 2.77 bits per heavy atom. The number of carbonyl (C=O) groups excluding carboxylic acids is 1. The number of likely N-dealkylation sites (tertiary alicyclic amines) is 1. The highest BCUT2D eigenvalue weighted by atomic mass is 35.5. The Kier molecular flexibility index (Phi) is 3.61. The summed E-state index contributed by atoms with van der Waals surface area (Å²) >= 11 is 5.80. The third-order valence-electron chi connectivity index (χ3n) is 4.51. The zero-order valence-corrected chi connectivity index (χ0v) is 13.8. The molecule has 3 atom stereocenters. The second-order valence-electron chi connectivity index (χ2n) is 7.25. The van der Waals surface area contributed by atoms with Crippen molar-refractivity contribution in [1.82, 2.24) is 9.88 Å². The highest BCUT2D eigenvalue weighted by Gasteiger charge is 2.58. The van der Waals surface area contributed by atoms with E-state index in [1.54, 1.807) is 17.2 Å². The molecule has 1 aliphatic heterocycles. The van der Waals surface area contributed by atoms with Crippen molar-refractivity contribution in [3.8, 4) is 0 Å². The van der Waals surface area contributed by atoms with Crippen molar-refractivity contribution in [3.05, 3.63) is 29.0 Å². The maximum atomic E-state index is 12.2. The molecule has 2 aliphatic rings. The molecular formula is C16H21ClN2O3. The average Bonchev–Trinajstić information content (AvgIpc) is 2.76. The fourth-order valence-corrected chi connectivity index (χ4v) is 3.56. The van der Waals surface area contributed by atoms with Crippen molar-refractivity contribution in [2.24, 2.45) is 11.8 Å². The van der Waals surface area contributed by atoms with Gasteiger partial charge in [0.1, 0.15) is 10.8 Å². The van der Waals surface area contributed by atoms with Gasteiger partial charge in [-0.3, -0.25) is 0 Å². The van der Waals surface area contributed by atoms with E-state index < -0.39 is 11.2 Å². The minimum Gasteiger partial charge on any atom is -0.444 e. The normalized spacial score (nSPS) is 30.7. The van der Waals surface area contributed by atoms with Crippen LogP contribution >= 0.6 is 11.6 Å². The quantitative estimate of drug-likeness (QED) is 0.807. The first-order chi connectivity index (χ1) is 10.2. The summed E-state index contributed by atoms with van der Waals surface area (Å²) in [4.78, 5) is 17.9. The van der Waals surface area contributed by atoms with Gasteiger partial charge in [-0.05, 0) is 39.2 Å². The van der Waals surface area contributed by atoms with Crippen LogP contribution in [0.2, 0.25) is 5.15 Å². The molecular weight excluding hydrogens is 304 g/mol. The van der Waals surface area contributed by atoms with Crippen molar-refractivity contribution in [2.75, 3.05) is 13.1 Å². The summed E-state index contributed by atoms with van der Waals surface area (Å²) in [5, 5.41) is 11.3. The summed E-state index contributed by atoms with van der Waals surface area (Å²) in [5.74, 6) is 0.344. The van der Waals surface area contributed by atoms with E-state index in [0.717, 1.165) is 5.56 Å². The third kappa shape index (κ3) is 2.68. The number of amides is 1. The van der Waals surface area contributed by atoms with E-state index in [1.807, 2.05) is 26.8 Å². The van der Waals surface area contributed by atoms with E-state index in [9.17, 15) is 9.90 Å². The molecule has 5 nitrogen and oxygen atoms in total. The predicted molar refractivity (Wildman–Crippen MR) is 82.5 cm³/mol. The first-order valence-electron chi connectivity index (χ1n) is 7.51. The number of halogens is 1. The number of aromatic nitrogens is 1. The van der Waals surface area contributed by atoms with Crippen LogP contribution in [0.1, 0.15) is 32.8 Å². The van der Waals surface area contributed by atoms with Crippen LogP contribution in [-0.4, -0.2) is 39.8 Å². The zero-order chi connectivity index (χ0) is 16.1. The van der Waals surface area contributed by atoms with Gasteiger partial charge in [0.15, 0.2) is 0 Å². The molecule has 1 aromatic heterocycles. The van der Waals surface area contributed by atoms with E-state index in [-0.39, 0.29) is 12.0 Å². The van der Waals surface area contributed by atoms with Crippen molar-refractivity contribution in [2.45, 2.75) is 38.4 Å². The second kappa shape index (κ2) is 5.10. The molecule has 1 aliphatic carbocycles. The van der Waals surface area contributed by atoms with Crippen LogP contribution in [0.25, 0.3) is 0 Å². The minimum atomic E-state index is -0.918. The fraction of sp³-hybridized carbons (Fsp3) is 0.625. The molecule has 120 valence electrons. The largest absolute Gasteiger partial charge is 0.444 e. The monoisotopic (exact) mass is 324 g/mol. The highest BCUT2D eigenvalue weighted by molar-refractivity contribution is 6.29. The minimum absolute atomic E-state index is 0.0305. The van der Waals surface area contributed by atoms with Gasteiger partial charge >= 0.3 is 6.09 Å². The first-order valence-corrected chi connectivity index (χ1v) is 7.89. The number of hydrogen-bond acceptors (Lipinski definition) is 4. The molecule has 1 amide bonds. The van der Waals surface area contributed by atoms with Gasteiger partial charge in [0, 0.05) is 30.8 Å². The molecule has 1 saturated carbocycles. The molecule has 1 saturated heterocycles. The lowest BCUT2D eigenvalue weighted by Gasteiger charge is -2.47. The summed E-state index contributed by atoms with van der Waals surface area (Å²) in [6.45, 7) is 6.71. The lowest BCUT2D eigenvalue weighted by molar-refractivity contribution is -0.124. The number of aliphatic hydroxyl groups is 1. The average molecular weight is 325 g/mol. The van der Waals surface area contributed by atoms with Gasteiger partial charge in [0.25, 0.3) is 0 Å². The zero-order valence-electron chi connectivity index (χ0n) is 13.0. The van der Waals surface area contributed by atoms with Gasteiger partial charge in [0.05, 0.1) is 5.60 Å². The standard InChI is InChI=1S/C16H21ClN2O3/c1-15(2,3)22-14(20)19-8-10-6-16(21,12(10)9-19)11-4-5-13(17)18-7-11/h4-5,7,10,12,21H,6,8-9H2,1-3H3. The van der Waals surface area contributed by atoms with Crippen molar-refractivity contribution >= 4 is 17.7 Å². The van der Waals surface area contributed by atoms with Crippen molar-refractivity contribution in [1.29, 1.82) is 0 Å². The molecule has 6 heteroatoms. The van der Waals surface area contributed by atoms with Crippen LogP contribution in [-0.2, 0) is 10.3 Å². The third-order valence-corrected chi connectivity index (χ3v) is 4.73. The van der Waals surface area contributed by atoms with Crippen LogP contribution < -0.4 is 0 Å². The van der Waals surface area contributed by atoms with Crippen LogP contribution in [0.4, 0.5) is 4.79 Å². The Balaban J connectivity index is 1.70. The van der Waals surface area contributed by atoms with Crippen LogP contribution in [0.15, 0.2) is 18.3 Å². The number of hydrogen-bond donors (Lipinski definition) is 1. The predicted octanol–water partition coefficient (Wildman–Crippen LogP) is 2.81. The molecule has 3 rings (SSSR count). The number of fused-ring (bicyclic) bond motifs is 1. The summed E-state index contributed by atoms with van der Waals surface area (Å²) in [6, 6.07) is 3.49. The summed E-state index contributed by atoms with van der Waals surface area (Å²) in [6.07, 6.45) is 1.95. The summed E-state index contributed by atoms with van der Waals surface area (Å²) in [7, 11) is 0. The Bertz CT molecular complexity index is 584. The Morgan fingerprint density at radius 2 is 2.18 bits per heavy atom. The van der Waals surface area contributed by atoms with E-state index in [1.165, 1.54) is 0 Å². The molecule has 3 unspecified atom stereocenters. The van der Waals surface area contributed by atoms with Crippen molar-refractivity contribution in [3.63, 3.8) is 0 Å². The number of rotatable bonds is 1. The molecule has 2 fully saturated rings. The molecule has 0 aromatic carbocycles. The molecule has 1 aromatic rings. The molecule has 2 heterocycles. The highest BCUT2D eigenvalue weighted by Crippen LogP contribution is 2.54. The van der Waals surface area contributed by atoms with Gasteiger partial charge in [-0.1, -0.05) is 17.7 Å². The Hall–Kier alpha value is -1.33. The summed E-state index contributed by atoms with van der Waals surface area (Å²) < 4.78 is 5.41. The Morgan fingerprint density at radius 1 is 1.45 bits per heavy atom. The van der Waals surface area contributed by atoms with E-state index in [2.05, 4.69) is 4.98 Å². The van der Waals surface area contributed by atoms with Crippen LogP contribution in [0.5, 0.6) is 0 Å². The number of pyridine rings is 1. The topological polar surface area (TPSA) is 62.7 Å². The van der Waals surface area contributed by atoms with E-state index >= 15 is 0 Å². The first kappa shape index (κ1) is 15.6. The van der Waals surface area contributed by atoms with Crippen LogP contribution in [0, 0.1) is 11.8 Å². The van der Waals surface area contributed by atoms with Crippen LogP contribution in [0.3, 0.4) is 0 Å². The van der Waals surface area contributed by atoms with Gasteiger partial charge in [-0.15, -0.1) is 0 Å². The van der Waals surface area contributed by atoms with E-state index in [0.29, 0.717) is 30.6 Å². The molecule has 0 bridgehead atoms. The van der Waals surface area contributed by atoms with Gasteiger partial charge in [-0.25, -0.2) is 9.78 Å². The molecule has 0 radical (unpaired) electrons. The molecule has 22 heavy (non-hydrogen) atoms. The van der Waals surface area contributed by atoms with Gasteiger partial charge in [-0.2, -0.15) is 0 Å². The van der Waals surface area contributed by atoms with Crippen molar-refractivity contribution < 1.29 is 14.6 Å². The lowest BCUT2D eigenvalue weighted by atomic mass is 9.60. The lowest BCUT2D eigenvalue weighted by Crippen LogP contribution is -2.51. The fourth-order valence-electron chi connectivity index (χ4n) is 3.45. The maximum absolute atomic E-state index is 12.2. The molecule has 0 spiro atoms.